The van der Waals surface area contributed by atoms with Crippen molar-refractivity contribution in [2.75, 3.05) is 33.2 Å². The van der Waals surface area contributed by atoms with Gasteiger partial charge in [-0.3, -0.25) is 4.79 Å². The first-order chi connectivity index (χ1) is 9.61. The normalized spacial score (nSPS) is 17.4. The number of nitrogens with zero attached hydrogens (tertiary/aromatic N) is 3. The molecule has 1 atom stereocenters. The van der Waals surface area contributed by atoms with Crippen LogP contribution in [0.4, 0.5) is 0 Å². The highest BCUT2D eigenvalue weighted by molar-refractivity contribution is 5.81. The third-order valence-corrected chi connectivity index (χ3v) is 3.47. The first kappa shape index (κ1) is 14.4. The van der Waals surface area contributed by atoms with Gasteiger partial charge in [-0.15, -0.1) is 0 Å². The molecule has 106 valence electrons. The number of carbonyl (C=O) groups excluding carboxylic acids is 1. The number of hydrogen-bond acceptors (Lipinski definition) is 4. The molecular formula is C15H19N3O2. The van der Waals surface area contributed by atoms with Gasteiger partial charge in [0.25, 0.3) is 5.91 Å². The van der Waals surface area contributed by atoms with Crippen molar-refractivity contribution >= 4 is 5.91 Å². The number of piperazine rings is 1. The molecule has 1 aliphatic heterocycles. The predicted octanol–water partition coefficient (Wildman–Crippen LogP) is 1.10. The average molecular weight is 273 g/mol. The number of nitriles is 1. The van der Waals surface area contributed by atoms with Crippen LogP contribution in [-0.4, -0.2) is 55.0 Å². The Morgan fingerprint density at radius 1 is 1.30 bits per heavy atom. The number of benzene rings is 1. The van der Waals surface area contributed by atoms with Crippen LogP contribution in [0.3, 0.4) is 0 Å². The Labute approximate surface area is 119 Å². The lowest BCUT2D eigenvalue weighted by Gasteiger charge is -2.33. The van der Waals surface area contributed by atoms with Crippen LogP contribution in [0.25, 0.3) is 0 Å². The van der Waals surface area contributed by atoms with Gasteiger partial charge in [-0.25, -0.2) is 0 Å². The monoisotopic (exact) mass is 273 g/mol. The number of likely N-dealkylation sites (N-methyl/N-ethyl adjacent to an activating group) is 1. The largest absolute Gasteiger partial charge is 0.480 e. The quantitative estimate of drug-likeness (QED) is 0.827. The minimum atomic E-state index is -0.576. The van der Waals surface area contributed by atoms with E-state index in [1.54, 1.807) is 31.2 Å². The van der Waals surface area contributed by atoms with Gasteiger partial charge in [0, 0.05) is 26.2 Å². The molecule has 1 aromatic rings. The van der Waals surface area contributed by atoms with Crippen molar-refractivity contribution in [3.63, 3.8) is 0 Å². The summed E-state index contributed by atoms with van der Waals surface area (Å²) in [6.45, 7) is 4.95. The Morgan fingerprint density at radius 3 is 2.60 bits per heavy atom. The standard InChI is InChI=1S/C15H19N3O2/c1-12(15(19)18-9-7-17(2)8-10-18)20-14-6-4-3-5-13(14)11-16/h3-6,12H,7-10H2,1-2H3. The summed E-state index contributed by atoms with van der Waals surface area (Å²) in [7, 11) is 2.05. The highest BCUT2D eigenvalue weighted by Gasteiger charge is 2.25. The summed E-state index contributed by atoms with van der Waals surface area (Å²) >= 11 is 0. The minimum Gasteiger partial charge on any atom is -0.480 e. The van der Waals surface area contributed by atoms with E-state index in [1.807, 2.05) is 11.9 Å². The molecule has 0 spiro atoms. The summed E-state index contributed by atoms with van der Waals surface area (Å²) in [5, 5.41) is 9.02. The fourth-order valence-corrected chi connectivity index (χ4v) is 2.19. The summed E-state index contributed by atoms with van der Waals surface area (Å²) < 4.78 is 5.65. The summed E-state index contributed by atoms with van der Waals surface area (Å²) in [4.78, 5) is 16.3. The molecule has 0 aliphatic carbocycles. The van der Waals surface area contributed by atoms with E-state index in [0.717, 1.165) is 26.2 Å². The van der Waals surface area contributed by atoms with Gasteiger partial charge in [0.15, 0.2) is 6.10 Å². The van der Waals surface area contributed by atoms with Crippen molar-refractivity contribution in [3.8, 4) is 11.8 Å². The van der Waals surface area contributed by atoms with Crippen molar-refractivity contribution in [2.24, 2.45) is 0 Å². The number of carbonyl (C=O) groups is 1. The van der Waals surface area contributed by atoms with Crippen LogP contribution in [-0.2, 0) is 4.79 Å². The lowest BCUT2D eigenvalue weighted by molar-refractivity contribution is -0.139. The van der Waals surface area contributed by atoms with Crippen LogP contribution < -0.4 is 4.74 Å². The zero-order chi connectivity index (χ0) is 14.5. The number of hydrogen-bond donors (Lipinski definition) is 0. The third kappa shape index (κ3) is 3.28. The first-order valence-corrected chi connectivity index (χ1v) is 6.75. The number of ether oxygens (including phenoxy) is 1. The van der Waals surface area contributed by atoms with Crippen LogP contribution in [0, 0.1) is 11.3 Å². The molecule has 20 heavy (non-hydrogen) atoms. The molecule has 0 aromatic heterocycles. The zero-order valence-corrected chi connectivity index (χ0v) is 11.9. The molecule has 2 rings (SSSR count). The topological polar surface area (TPSA) is 56.6 Å². The molecule has 1 aliphatic rings. The Hall–Kier alpha value is -2.06. The molecule has 1 amide bonds. The maximum Gasteiger partial charge on any atom is 0.263 e. The van der Waals surface area contributed by atoms with Gasteiger partial charge in [0.1, 0.15) is 11.8 Å². The van der Waals surface area contributed by atoms with Crippen LogP contribution in [0.5, 0.6) is 5.75 Å². The zero-order valence-electron chi connectivity index (χ0n) is 11.9. The highest BCUT2D eigenvalue weighted by atomic mass is 16.5. The van der Waals surface area contributed by atoms with Crippen LogP contribution >= 0.6 is 0 Å². The van der Waals surface area contributed by atoms with Gasteiger partial charge in [0.05, 0.1) is 5.56 Å². The van der Waals surface area contributed by atoms with Gasteiger partial charge < -0.3 is 14.5 Å². The molecule has 1 aromatic carbocycles. The summed E-state index contributed by atoms with van der Waals surface area (Å²) in [6, 6.07) is 9.04. The van der Waals surface area contributed by atoms with Gasteiger partial charge in [-0.05, 0) is 26.1 Å². The Bertz CT molecular complexity index is 516. The van der Waals surface area contributed by atoms with Gasteiger partial charge >= 0.3 is 0 Å². The summed E-state index contributed by atoms with van der Waals surface area (Å²) in [6.07, 6.45) is -0.576. The van der Waals surface area contributed by atoms with Crippen LogP contribution in [0.1, 0.15) is 12.5 Å². The Balaban J connectivity index is 1.99. The average Bonchev–Trinajstić information content (AvgIpc) is 2.48. The maximum absolute atomic E-state index is 12.3. The highest BCUT2D eigenvalue weighted by Crippen LogP contribution is 2.19. The Kier molecular flexibility index (Phi) is 4.59. The molecule has 0 saturated carbocycles. The summed E-state index contributed by atoms with van der Waals surface area (Å²) in [5.41, 5.74) is 0.450. The number of amides is 1. The molecule has 1 heterocycles. The molecule has 0 bridgehead atoms. The molecule has 0 N–H and O–H groups in total. The molecule has 5 heteroatoms. The third-order valence-electron chi connectivity index (χ3n) is 3.47. The van der Waals surface area contributed by atoms with Crippen LogP contribution in [0.15, 0.2) is 24.3 Å². The molecule has 5 nitrogen and oxygen atoms in total. The van der Waals surface area contributed by atoms with Crippen molar-refractivity contribution in [3.05, 3.63) is 29.8 Å². The van der Waals surface area contributed by atoms with E-state index in [9.17, 15) is 4.79 Å². The Morgan fingerprint density at radius 2 is 1.95 bits per heavy atom. The second-order valence-corrected chi connectivity index (χ2v) is 5.00. The van der Waals surface area contributed by atoms with Gasteiger partial charge in [-0.1, -0.05) is 12.1 Å². The number of para-hydroxylation sites is 1. The second-order valence-electron chi connectivity index (χ2n) is 5.00. The molecular weight excluding hydrogens is 254 g/mol. The lowest BCUT2D eigenvalue weighted by Crippen LogP contribution is -2.50. The first-order valence-electron chi connectivity index (χ1n) is 6.75. The van der Waals surface area contributed by atoms with E-state index in [2.05, 4.69) is 11.0 Å². The fourth-order valence-electron chi connectivity index (χ4n) is 2.19. The van der Waals surface area contributed by atoms with E-state index in [0.29, 0.717) is 11.3 Å². The van der Waals surface area contributed by atoms with E-state index in [-0.39, 0.29) is 5.91 Å². The van der Waals surface area contributed by atoms with E-state index in [4.69, 9.17) is 10.00 Å². The van der Waals surface area contributed by atoms with E-state index >= 15 is 0 Å². The minimum absolute atomic E-state index is 0.0224. The van der Waals surface area contributed by atoms with E-state index in [1.165, 1.54) is 0 Å². The molecule has 0 radical (unpaired) electrons. The van der Waals surface area contributed by atoms with Gasteiger partial charge in [-0.2, -0.15) is 5.26 Å². The molecule has 1 fully saturated rings. The van der Waals surface area contributed by atoms with Crippen molar-refractivity contribution in [1.29, 1.82) is 5.26 Å². The number of rotatable bonds is 3. The smallest absolute Gasteiger partial charge is 0.263 e. The predicted molar refractivity (Wildman–Crippen MR) is 75.3 cm³/mol. The second kappa shape index (κ2) is 6.40. The SMILES string of the molecule is CC(Oc1ccccc1C#N)C(=O)N1CCN(C)CC1. The van der Waals surface area contributed by atoms with Gasteiger partial charge in [0.2, 0.25) is 0 Å². The summed E-state index contributed by atoms with van der Waals surface area (Å²) in [5.74, 6) is 0.441. The van der Waals surface area contributed by atoms with Crippen LogP contribution in [0.2, 0.25) is 0 Å². The lowest BCUT2D eigenvalue weighted by atomic mass is 10.2. The molecule has 1 unspecified atom stereocenters. The van der Waals surface area contributed by atoms with Crippen molar-refractivity contribution < 1.29 is 9.53 Å². The fraction of sp³-hybridized carbons (Fsp3) is 0.467. The van der Waals surface area contributed by atoms with E-state index < -0.39 is 6.10 Å². The van der Waals surface area contributed by atoms with Crippen molar-refractivity contribution in [1.82, 2.24) is 9.80 Å². The van der Waals surface area contributed by atoms with Crippen molar-refractivity contribution in [2.45, 2.75) is 13.0 Å². The maximum atomic E-state index is 12.3. The molecule has 1 saturated heterocycles.